The Kier molecular flexibility index (Phi) is 6.12. The Morgan fingerprint density at radius 1 is 1.00 bits per heavy atom. The van der Waals surface area contributed by atoms with Gasteiger partial charge in [0.15, 0.2) is 5.49 Å². The molecule has 0 bridgehead atoms. The third kappa shape index (κ3) is 4.59. The first kappa shape index (κ1) is 21.8. The van der Waals surface area contributed by atoms with Gasteiger partial charge in [-0.3, -0.25) is 0 Å². The van der Waals surface area contributed by atoms with Gasteiger partial charge in [-0.15, -0.1) is 0 Å². The Morgan fingerprint density at radius 2 is 1.72 bits per heavy atom. The van der Waals surface area contributed by atoms with Crippen LogP contribution in [0.25, 0.3) is 33.3 Å². The van der Waals surface area contributed by atoms with Crippen LogP contribution in [0.15, 0.2) is 82.4 Å². The quantitative estimate of drug-likeness (QED) is 0.209. The van der Waals surface area contributed by atoms with E-state index in [0.29, 0.717) is 5.49 Å². The lowest BCUT2D eigenvalue weighted by Crippen LogP contribution is -2.25. The molecular weight excluding hydrogens is 418 g/mol. The van der Waals surface area contributed by atoms with Gasteiger partial charge in [-0.1, -0.05) is 59.0 Å². The van der Waals surface area contributed by atoms with E-state index < -0.39 is 11.4 Å². The highest BCUT2D eigenvalue weighted by molar-refractivity contribution is 7.91. The molecule has 2 heterocycles. The van der Waals surface area contributed by atoms with Crippen molar-refractivity contribution in [1.82, 2.24) is 9.97 Å². The highest BCUT2D eigenvalue weighted by Crippen LogP contribution is 2.32. The molecule has 2 aromatic carbocycles. The van der Waals surface area contributed by atoms with Crippen molar-refractivity contribution in [1.29, 1.82) is 0 Å². The molecule has 1 unspecified atom stereocenters. The molecule has 6 nitrogen and oxygen atoms in total. The van der Waals surface area contributed by atoms with Gasteiger partial charge in [-0.05, 0) is 44.0 Å². The van der Waals surface area contributed by atoms with Crippen molar-refractivity contribution in [3.63, 3.8) is 0 Å². The predicted octanol–water partition coefficient (Wildman–Crippen LogP) is 4.55. The predicted molar refractivity (Wildman–Crippen MR) is 132 cm³/mol. The molecule has 0 spiro atoms. The van der Waals surface area contributed by atoms with E-state index in [9.17, 15) is 4.55 Å². The summed E-state index contributed by atoms with van der Waals surface area (Å²) < 4.78 is 16.0. The molecule has 7 heteroatoms. The average molecular weight is 444 g/mol. The van der Waals surface area contributed by atoms with E-state index in [-0.39, 0.29) is 4.75 Å². The fourth-order valence-corrected chi connectivity index (χ4v) is 3.81. The second-order valence-electron chi connectivity index (χ2n) is 8.36. The fraction of sp³-hybridized carbons (Fsp3) is 0.160. The Morgan fingerprint density at radius 3 is 2.38 bits per heavy atom. The number of rotatable bonds is 4. The Bertz CT molecular complexity index is 1320. The first-order chi connectivity index (χ1) is 15.4. The average Bonchev–Trinajstić information content (AvgIpc) is 2.81. The number of pyridine rings is 2. The Labute approximate surface area is 190 Å². The molecule has 0 amide bonds. The molecule has 0 saturated carbocycles. The molecule has 0 saturated heterocycles. The molecule has 3 N–H and O–H groups in total. The second kappa shape index (κ2) is 8.98. The van der Waals surface area contributed by atoms with Crippen molar-refractivity contribution in [3.8, 4) is 22.4 Å². The molecule has 162 valence electrons. The Hall–Kier alpha value is -3.42. The van der Waals surface area contributed by atoms with Crippen LogP contribution in [0.5, 0.6) is 0 Å². The summed E-state index contributed by atoms with van der Waals surface area (Å²) in [6.07, 6.45) is 3.43. The van der Waals surface area contributed by atoms with E-state index in [0.717, 1.165) is 38.9 Å². The van der Waals surface area contributed by atoms with Crippen molar-refractivity contribution >= 4 is 28.5 Å². The molecular formula is C25H25N5OS. The number of fused-ring (bicyclic) bond motifs is 1. The zero-order valence-electron chi connectivity index (χ0n) is 18.2. The van der Waals surface area contributed by atoms with Gasteiger partial charge >= 0.3 is 0 Å². The van der Waals surface area contributed by atoms with Crippen LogP contribution in [0.4, 0.5) is 0 Å². The van der Waals surface area contributed by atoms with Gasteiger partial charge in [0.05, 0.1) is 17.4 Å². The second-order valence-corrected chi connectivity index (χ2v) is 10.3. The molecule has 0 aliphatic heterocycles. The molecule has 1 atom stereocenters. The minimum Gasteiger partial charge on any atom is -0.591 e. The van der Waals surface area contributed by atoms with E-state index in [4.69, 9.17) is 10.8 Å². The maximum atomic E-state index is 12.2. The zero-order valence-corrected chi connectivity index (χ0v) is 19.1. The largest absolute Gasteiger partial charge is 0.591 e. The molecule has 0 fully saturated rings. The third-order valence-electron chi connectivity index (χ3n) is 4.99. The number of nitrogens with two attached hydrogens (primary N) is 1. The maximum Gasteiger partial charge on any atom is 0.159 e. The van der Waals surface area contributed by atoms with Gasteiger partial charge in [0.1, 0.15) is 16.1 Å². The number of hydrogen-bond acceptors (Lipinski definition) is 5. The topological polar surface area (TPSA) is 102 Å². The van der Waals surface area contributed by atoms with E-state index in [1.54, 1.807) is 12.4 Å². The molecule has 0 aliphatic rings. The molecule has 4 rings (SSSR count). The SMILES string of the molecule is CC(C)(C)[S+]([O-])/N=C/c1ccc(-c2nc3cc[nH]/c(=N\N)c3cc2-c2ccccc2)cc1. The van der Waals surface area contributed by atoms with Gasteiger partial charge in [0.2, 0.25) is 0 Å². The number of nitrogens with zero attached hydrogens (tertiary/aromatic N) is 3. The number of aromatic amines is 1. The molecule has 2 aromatic heterocycles. The van der Waals surface area contributed by atoms with E-state index in [1.807, 2.05) is 69.3 Å². The third-order valence-corrected chi connectivity index (χ3v) is 6.33. The van der Waals surface area contributed by atoms with Crippen LogP contribution in [0.1, 0.15) is 26.3 Å². The van der Waals surface area contributed by atoms with Crippen molar-refractivity contribution in [2.24, 2.45) is 15.3 Å². The van der Waals surface area contributed by atoms with Crippen molar-refractivity contribution < 1.29 is 4.55 Å². The summed E-state index contributed by atoms with van der Waals surface area (Å²) in [7, 11) is 0. The van der Waals surface area contributed by atoms with Crippen LogP contribution < -0.4 is 11.3 Å². The monoisotopic (exact) mass is 443 g/mol. The van der Waals surface area contributed by atoms with Crippen LogP contribution in [0.2, 0.25) is 0 Å². The summed E-state index contributed by atoms with van der Waals surface area (Å²) in [6.45, 7) is 5.71. The number of H-pyrrole nitrogens is 1. The molecule has 0 radical (unpaired) electrons. The lowest BCUT2D eigenvalue weighted by atomic mass is 9.97. The van der Waals surface area contributed by atoms with Crippen molar-refractivity contribution in [3.05, 3.63) is 84.0 Å². The first-order valence-electron chi connectivity index (χ1n) is 10.2. The van der Waals surface area contributed by atoms with Crippen LogP contribution in [0.3, 0.4) is 0 Å². The van der Waals surface area contributed by atoms with E-state index in [2.05, 4.69) is 32.7 Å². The molecule has 4 aromatic rings. The first-order valence-corrected chi connectivity index (χ1v) is 11.4. The highest BCUT2D eigenvalue weighted by Gasteiger charge is 2.25. The molecule has 0 aliphatic carbocycles. The number of nitrogens with one attached hydrogen (secondary N) is 1. The van der Waals surface area contributed by atoms with E-state index >= 15 is 0 Å². The fourth-order valence-electron chi connectivity index (χ4n) is 3.28. The summed E-state index contributed by atoms with van der Waals surface area (Å²) in [6, 6.07) is 22.0. The van der Waals surface area contributed by atoms with Crippen molar-refractivity contribution in [2.45, 2.75) is 25.5 Å². The minimum absolute atomic E-state index is 0.387. The smallest absolute Gasteiger partial charge is 0.159 e. The maximum absolute atomic E-state index is 12.2. The van der Waals surface area contributed by atoms with Gasteiger partial charge in [-0.2, -0.15) is 5.10 Å². The normalized spacial score (nSPS) is 13.7. The van der Waals surface area contributed by atoms with Crippen LogP contribution in [-0.4, -0.2) is 25.5 Å². The summed E-state index contributed by atoms with van der Waals surface area (Å²) >= 11 is -1.29. The molecule has 32 heavy (non-hydrogen) atoms. The minimum atomic E-state index is -1.29. The lowest BCUT2D eigenvalue weighted by Gasteiger charge is -2.17. The lowest BCUT2D eigenvalue weighted by molar-refractivity contribution is 0.562. The number of benzene rings is 2. The van der Waals surface area contributed by atoms with Gasteiger partial charge < -0.3 is 15.4 Å². The summed E-state index contributed by atoms with van der Waals surface area (Å²) in [4.78, 5) is 8.02. The summed E-state index contributed by atoms with van der Waals surface area (Å²) in [5.74, 6) is 5.58. The van der Waals surface area contributed by atoms with Crippen LogP contribution >= 0.6 is 0 Å². The van der Waals surface area contributed by atoms with Gasteiger partial charge in [-0.25, -0.2) is 4.98 Å². The van der Waals surface area contributed by atoms with Crippen molar-refractivity contribution in [2.75, 3.05) is 0 Å². The summed E-state index contributed by atoms with van der Waals surface area (Å²) in [5.41, 5.74) is 6.13. The number of hydrogen-bond donors (Lipinski definition) is 2. The zero-order chi connectivity index (χ0) is 22.7. The summed E-state index contributed by atoms with van der Waals surface area (Å²) in [5, 5.41) is 4.72. The van der Waals surface area contributed by atoms with Crippen LogP contribution in [-0.2, 0) is 11.4 Å². The van der Waals surface area contributed by atoms with Gasteiger partial charge in [0.25, 0.3) is 0 Å². The number of aromatic nitrogens is 2. The highest BCUT2D eigenvalue weighted by atomic mass is 32.2. The standard InChI is InChI=1S/C25H25N5OS/c1-25(2,3)32(31)28-16-17-9-11-19(12-10-17)23-20(18-7-5-4-6-8-18)15-21-22(29-23)13-14-27-24(21)30-26/h4-16H,26H2,1-3H3,(H,27,30)/b28-16+. The van der Waals surface area contributed by atoms with Crippen LogP contribution in [0, 0.1) is 0 Å². The Balaban J connectivity index is 1.81. The van der Waals surface area contributed by atoms with Gasteiger partial charge in [0, 0.05) is 22.7 Å². The van der Waals surface area contributed by atoms with E-state index in [1.165, 1.54) is 0 Å².